The van der Waals surface area contributed by atoms with Crippen molar-refractivity contribution in [1.29, 1.82) is 0 Å². The van der Waals surface area contributed by atoms with Crippen molar-refractivity contribution in [1.82, 2.24) is 9.88 Å². The summed E-state index contributed by atoms with van der Waals surface area (Å²) in [5, 5.41) is 15.5. The van der Waals surface area contributed by atoms with Gasteiger partial charge >= 0.3 is 0 Å². The zero-order chi connectivity index (χ0) is 21.1. The first-order valence-electron chi connectivity index (χ1n) is 10.3. The van der Waals surface area contributed by atoms with Crippen molar-refractivity contribution in [3.63, 3.8) is 0 Å². The van der Waals surface area contributed by atoms with Gasteiger partial charge in [-0.05, 0) is 79.5 Å². The number of benzene rings is 2. The van der Waals surface area contributed by atoms with E-state index in [-0.39, 0.29) is 11.8 Å². The Morgan fingerprint density at radius 3 is 2.70 bits per heavy atom. The largest absolute Gasteiger partial charge is 0.508 e. The van der Waals surface area contributed by atoms with Crippen LogP contribution in [0, 0.1) is 12.8 Å². The molecule has 1 aliphatic rings. The van der Waals surface area contributed by atoms with Gasteiger partial charge < -0.3 is 15.2 Å². The second kappa shape index (κ2) is 8.71. The van der Waals surface area contributed by atoms with Crippen LogP contribution in [-0.4, -0.2) is 41.1 Å². The Balaban J connectivity index is 1.41. The highest BCUT2D eigenvalue weighted by Crippen LogP contribution is 2.32. The van der Waals surface area contributed by atoms with Gasteiger partial charge in [0.05, 0.1) is 7.11 Å². The summed E-state index contributed by atoms with van der Waals surface area (Å²) in [4.78, 5) is 19.1. The van der Waals surface area contributed by atoms with E-state index in [9.17, 15) is 9.90 Å². The van der Waals surface area contributed by atoms with E-state index in [1.54, 1.807) is 19.4 Å². The Hall–Kier alpha value is -3.12. The number of amides is 1. The lowest BCUT2D eigenvalue weighted by atomic mass is 9.95. The summed E-state index contributed by atoms with van der Waals surface area (Å²) in [6, 6.07) is 13.4. The molecule has 0 spiro atoms. The van der Waals surface area contributed by atoms with E-state index in [0.29, 0.717) is 18.1 Å². The fraction of sp³-hybridized carbons (Fsp3) is 0.333. The number of phenolic OH excluding ortho intramolecular Hbond substituents is 1. The third kappa shape index (κ3) is 4.39. The summed E-state index contributed by atoms with van der Waals surface area (Å²) in [5.41, 5.74) is 1.97. The van der Waals surface area contributed by atoms with Crippen LogP contribution in [0.15, 0.2) is 48.7 Å². The molecular weight excluding hydrogens is 378 g/mol. The molecule has 1 aliphatic heterocycles. The minimum atomic E-state index is -0.0234. The zero-order valence-electron chi connectivity index (χ0n) is 17.4. The molecule has 6 heteroatoms. The summed E-state index contributed by atoms with van der Waals surface area (Å²) < 4.78 is 5.36. The summed E-state index contributed by atoms with van der Waals surface area (Å²) in [6.45, 7) is 4.23. The number of nitrogens with zero attached hydrogens (tertiary/aromatic N) is 2. The summed E-state index contributed by atoms with van der Waals surface area (Å²) in [5.74, 6) is 1.68. The Kier molecular flexibility index (Phi) is 5.86. The predicted molar refractivity (Wildman–Crippen MR) is 118 cm³/mol. The van der Waals surface area contributed by atoms with Crippen molar-refractivity contribution < 1.29 is 14.6 Å². The number of piperidine rings is 1. The third-order valence-electron chi connectivity index (χ3n) is 5.82. The van der Waals surface area contributed by atoms with E-state index < -0.39 is 0 Å². The molecule has 3 aromatic rings. The van der Waals surface area contributed by atoms with Crippen molar-refractivity contribution in [3.8, 4) is 11.5 Å². The summed E-state index contributed by atoms with van der Waals surface area (Å²) in [6.07, 6.45) is 3.28. The van der Waals surface area contributed by atoms with Crippen molar-refractivity contribution in [2.24, 2.45) is 5.92 Å². The monoisotopic (exact) mass is 405 g/mol. The number of carbonyl (C=O) groups excluding carboxylic acids is 1. The minimum absolute atomic E-state index is 0.0234. The maximum atomic E-state index is 12.6. The first kappa shape index (κ1) is 20.2. The molecule has 2 aromatic carbocycles. The molecule has 0 saturated carbocycles. The van der Waals surface area contributed by atoms with Crippen LogP contribution < -0.4 is 10.1 Å². The molecule has 0 bridgehead atoms. The molecule has 2 N–H and O–H groups in total. The predicted octanol–water partition coefficient (Wildman–Crippen LogP) is 4.11. The van der Waals surface area contributed by atoms with Gasteiger partial charge in [0.2, 0.25) is 5.91 Å². The lowest BCUT2D eigenvalue weighted by Crippen LogP contribution is -2.37. The first-order valence-corrected chi connectivity index (χ1v) is 10.3. The molecule has 30 heavy (non-hydrogen) atoms. The number of aromatic hydroxyl groups is 1. The number of methoxy groups -OCH3 is 1. The van der Waals surface area contributed by atoms with Crippen LogP contribution in [0.4, 0.5) is 5.82 Å². The molecule has 1 saturated heterocycles. The number of aromatic nitrogens is 1. The number of aryl methyl sites for hydroxylation is 1. The number of anilines is 1. The number of nitrogens with one attached hydrogen (secondary N) is 1. The molecule has 4 rings (SSSR count). The average Bonchev–Trinajstić information content (AvgIpc) is 2.76. The Labute approximate surface area is 176 Å². The minimum Gasteiger partial charge on any atom is -0.508 e. The number of pyridine rings is 1. The van der Waals surface area contributed by atoms with E-state index in [0.717, 1.165) is 53.6 Å². The average molecular weight is 405 g/mol. The second-order valence-electron chi connectivity index (χ2n) is 7.91. The smallest absolute Gasteiger partial charge is 0.228 e. The van der Waals surface area contributed by atoms with Crippen LogP contribution in [0.2, 0.25) is 0 Å². The zero-order valence-corrected chi connectivity index (χ0v) is 17.4. The molecule has 6 nitrogen and oxygen atoms in total. The molecule has 0 atom stereocenters. The SMILES string of the molecule is COc1ccc2ccc(O)c(CN3CCC(C(=O)Nc4cc(C)ccn4)CC3)c2c1. The molecule has 156 valence electrons. The first-order chi connectivity index (χ1) is 14.5. The van der Waals surface area contributed by atoms with Crippen LogP contribution in [0.25, 0.3) is 10.8 Å². The number of hydrogen-bond acceptors (Lipinski definition) is 5. The third-order valence-corrected chi connectivity index (χ3v) is 5.82. The molecule has 0 radical (unpaired) electrons. The fourth-order valence-corrected chi connectivity index (χ4v) is 4.05. The van der Waals surface area contributed by atoms with Crippen LogP contribution >= 0.6 is 0 Å². The topological polar surface area (TPSA) is 74.7 Å². The van der Waals surface area contributed by atoms with Gasteiger partial charge in [0.15, 0.2) is 0 Å². The summed E-state index contributed by atoms with van der Waals surface area (Å²) >= 11 is 0. The number of phenols is 1. The van der Waals surface area contributed by atoms with Crippen LogP contribution in [0.1, 0.15) is 24.0 Å². The number of fused-ring (bicyclic) bond motifs is 1. The van der Waals surface area contributed by atoms with E-state index in [1.807, 2.05) is 43.3 Å². The Morgan fingerprint density at radius 1 is 1.20 bits per heavy atom. The van der Waals surface area contributed by atoms with E-state index in [2.05, 4.69) is 15.2 Å². The van der Waals surface area contributed by atoms with Crippen molar-refractivity contribution in [2.45, 2.75) is 26.3 Å². The van der Waals surface area contributed by atoms with Gasteiger partial charge in [0, 0.05) is 24.2 Å². The fourth-order valence-electron chi connectivity index (χ4n) is 4.05. The molecule has 1 aromatic heterocycles. The molecule has 2 heterocycles. The van der Waals surface area contributed by atoms with E-state index in [1.165, 1.54) is 0 Å². The highest BCUT2D eigenvalue weighted by atomic mass is 16.5. The maximum Gasteiger partial charge on any atom is 0.228 e. The standard InChI is InChI=1S/C24H27N3O3/c1-16-7-10-25-23(13-16)26-24(29)18-8-11-27(12-9-18)15-21-20-14-19(30-2)5-3-17(20)4-6-22(21)28/h3-7,10,13-14,18,28H,8-9,11-12,15H2,1-2H3,(H,25,26,29). The molecule has 0 aliphatic carbocycles. The molecule has 0 unspecified atom stereocenters. The second-order valence-corrected chi connectivity index (χ2v) is 7.91. The number of hydrogen-bond donors (Lipinski definition) is 2. The highest BCUT2D eigenvalue weighted by Gasteiger charge is 2.26. The van der Waals surface area contributed by atoms with Crippen LogP contribution in [-0.2, 0) is 11.3 Å². The van der Waals surface area contributed by atoms with Gasteiger partial charge in [-0.3, -0.25) is 9.69 Å². The van der Waals surface area contributed by atoms with Crippen molar-refractivity contribution in [3.05, 3.63) is 59.8 Å². The van der Waals surface area contributed by atoms with Gasteiger partial charge in [-0.2, -0.15) is 0 Å². The van der Waals surface area contributed by atoms with Gasteiger partial charge in [0.25, 0.3) is 0 Å². The molecule has 1 fully saturated rings. The lowest BCUT2D eigenvalue weighted by Gasteiger charge is -2.31. The Morgan fingerprint density at radius 2 is 1.97 bits per heavy atom. The van der Waals surface area contributed by atoms with Gasteiger partial charge in [-0.1, -0.05) is 12.1 Å². The summed E-state index contributed by atoms with van der Waals surface area (Å²) in [7, 11) is 1.64. The number of rotatable bonds is 5. The van der Waals surface area contributed by atoms with E-state index in [4.69, 9.17) is 4.74 Å². The maximum absolute atomic E-state index is 12.6. The van der Waals surface area contributed by atoms with Gasteiger partial charge in [-0.25, -0.2) is 4.98 Å². The van der Waals surface area contributed by atoms with Crippen LogP contribution in [0.5, 0.6) is 11.5 Å². The molecular formula is C24H27N3O3. The number of likely N-dealkylation sites (tertiary alicyclic amines) is 1. The van der Waals surface area contributed by atoms with Gasteiger partial charge in [-0.15, -0.1) is 0 Å². The van der Waals surface area contributed by atoms with Crippen molar-refractivity contribution >= 4 is 22.5 Å². The number of carbonyl (C=O) groups is 1. The quantitative estimate of drug-likeness (QED) is 0.668. The highest BCUT2D eigenvalue weighted by molar-refractivity contribution is 5.92. The van der Waals surface area contributed by atoms with Crippen molar-refractivity contribution in [2.75, 3.05) is 25.5 Å². The van der Waals surface area contributed by atoms with E-state index >= 15 is 0 Å². The Bertz CT molecular complexity index is 1060. The van der Waals surface area contributed by atoms with Gasteiger partial charge in [0.1, 0.15) is 17.3 Å². The molecule has 1 amide bonds. The lowest BCUT2D eigenvalue weighted by molar-refractivity contribution is -0.121. The van der Waals surface area contributed by atoms with Crippen LogP contribution in [0.3, 0.4) is 0 Å². The number of ether oxygens (including phenoxy) is 1. The normalized spacial score (nSPS) is 15.3.